The molecule has 0 aliphatic heterocycles. The summed E-state index contributed by atoms with van der Waals surface area (Å²) >= 11 is 0. The molecule has 0 bridgehead atoms. The van der Waals surface area contributed by atoms with Gasteiger partial charge in [0.25, 0.3) is 0 Å². The first-order valence-electron chi connectivity index (χ1n) is 10.3. The normalized spacial score (nSPS) is 10.4. The summed E-state index contributed by atoms with van der Waals surface area (Å²) in [5, 5.41) is 2.85. The predicted molar refractivity (Wildman–Crippen MR) is 118 cm³/mol. The number of nitrogens with zero attached hydrogens (tertiary/aromatic N) is 3. The SMILES string of the molecule is CCCCOC(=O)c1ccccc1NC(=O)N(Cc1ccccn1)Cc1ccccn1. The minimum Gasteiger partial charge on any atom is -0.462 e. The van der Waals surface area contributed by atoms with Crippen molar-refractivity contribution in [3.05, 3.63) is 90.0 Å². The van der Waals surface area contributed by atoms with Crippen LogP contribution in [0.15, 0.2) is 73.1 Å². The molecule has 0 atom stereocenters. The average molecular weight is 418 g/mol. The van der Waals surface area contributed by atoms with Crippen LogP contribution < -0.4 is 5.32 Å². The number of urea groups is 1. The second kappa shape index (κ2) is 11.4. The maximum Gasteiger partial charge on any atom is 0.340 e. The fourth-order valence-electron chi connectivity index (χ4n) is 2.93. The Kier molecular flexibility index (Phi) is 8.11. The van der Waals surface area contributed by atoms with Crippen molar-refractivity contribution in [2.75, 3.05) is 11.9 Å². The van der Waals surface area contributed by atoms with Crippen LogP contribution in [0.5, 0.6) is 0 Å². The van der Waals surface area contributed by atoms with E-state index >= 15 is 0 Å². The third kappa shape index (κ3) is 6.64. The average Bonchev–Trinajstić information content (AvgIpc) is 2.80. The molecule has 0 saturated heterocycles. The number of benzene rings is 1. The topological polar surface area (TPSA) is 84.4 Å². The van der Waals surface area contributed by atoms with E-state index in [-0.39, 0.29) is 6.03 Å². The van der Waals surface area contributed by atoms with Gasteiger partial charge in [-0.15, -0.1) is 0 Å². The van der Waals surface area contributed by atoms with Crippen molar-refractivity contribution in [1.82, 2.24) is 14.9 Å². The molecule has 0 aliphatic carbocycles. The number of carbonyl (C=O) groups excluding carboxylic acids is 2. The Labute approximate surface area is 182 Å². The molecule has 2 heterocycles. The molecule has 2 aromatic heterocycles. The number of anilines is 1. The molecule has 7 nitrogen and oxygen atoms in total. The summed E-state index contributed by atoms with van der Waals surface area (Å²) in [5.74, 6) is -0.453. The number of aromatic nitrogens is 2. The van der Waals surface area contributed by atoms with Crippen molar-refractivity contribution >= 4 is 17.7 Å². The van der Waals surface area contributed by atoms with E-state index in [0.717, 1.165) is 24.2 Å². The maximum atomic E-state index is 13.2. The van der Waals surface area contributed by atoms with Gasteiger partial charge in [0, 0.05) is 12.4 Å². The summed E-state index contributed by atoms with van der Waals surface area (Å²) in [6.45, 7) is 2.97. The molecule has 0 unspecified atom stereocenters. The summed E-state index contributed by atoms with van der Waals surface area (Å²) in [6, 6.07) is 17.6. The summed E-state index contributed by atoms with van der Waals surface area (Å²) in [7, 11) is 0. The van der Waals surface area contributed by atoms with E-state index in [0.29, 0.717) is 30.9 Å². The third-order valence-corrected chi connectivity index (χ3v) is 4.56. The molecular weight excluding hydrogens is 392 g/mol. The van der Waals surface area contributed by atoms with Crippen LogP contribution in [-0.2, 0) is 17.8 Å². The highest BCUT2D eigenvalue weighted by molar-refractivity contribution is 6.00. The highest BCUT2D eigenvalue weighted by atomic mass is 16.5. The summed E-state index contributed by atoms with van der Waals surface area (Å²) in [6.07, 6.45) is 5.10. The summed E-state index contributed by atoms with van der Waals surface area (Å²) in [4.78, 5) is 35.9. The summed E-state index contributed by atoms with van der Waals surface area (Å²) in [5.41, 5.74) is 2.23. The molecule has 0 radical (unpaired) electrons. The van der Waals surface area contributed by atoms with Crippen LogP contribution >= 0.6 is 0 Å². The maximum absolute atomic E-state index is 13.2. The van der Waals surface area contributed by atoms with Gasteiger partial charge in [0.15, 0.2) is 0 Å². The van der Waals surface area contributed by atoms with Crippen LogP contribution in [0.25, 0.3) is 0 Å². The van der Waals surface area contributed by atoms with Gasteiger partial charge < -0.3 is 15.0 Å². The number of hydrogen-bond donors (Lipinski definition) is 1. The Bertz CT molecular complexity index is 939. The van der Waals surface area contributed by atoms with Crippen molar-refractivity contribution in [1.29, 1.82) is 0 Å². The number of carbonyl (C=O) groups is 2. The molecule has 0 spiro atoms. The van der Waals surface area contributed by atoms with Gasteiger partial charge in [-0.25, -0.2) is 9.59 Å². The lowest BCUT2D eigenvalue weighted by molar-refractivity contribution is 0.0501. The molecule has 7 heteroatoms. The minimum atomic E-state index is -0.453. The van der Waals surface area contributed by atoms with Crippen LogP contribution in [0.2, 0.25) is 0 Å². The minimum absolute atomic E-state index is 0.298. The second-order valence-corrected chi connectivity index (χ2v) is 6.96. The Balaban J connectivity index is 1.77. The molecule has 0 saturated carbocycles. The van der Waals surface area contributed by atoms with Crippen molar-refractivity contribution in [2.45, 2.75) is 32.9 Å². The quantitative estimate of drug-likeness (QED) is 0.403. The first kappa shape index (κ1) is 22.0. The fourth-order valence-corrected chi connectivity index (χ4v) is 2.93. The molecular formula is C24H26N4O3. The molecule has 3 rings (SSSR count). The molecule has 0 fully saturated rings. The molecule has 2 amide bonds. The number of ether oxygens (including phenoxy) is 1. The van der Waals surface area contributed by atoms with Crippen LogP contribution in [0.4, 0.5) is 10.5 Å². The first-order valence-corrected chi connectivity index (χ1v) is 10.3. The number of esters is 1. The highest BCUT2D eigenvalue weighted by Gasteiger charge is 2.19. The lowest BCUT2D eigenvalue weighted by Crippen LogP contribution is -2.35. The third-order valence-electron chi connectivity index (χ3n) is 4.56. The Morgan fingerprint density at radius 1 is 0.903 bits per heavy atom. The van der Waals surface area contributed by atoms with Crippen LogP contribution in [0, 0.1) is 0 Å². The number of amides is 2. The predicted octanol–water partition coefficient (Wildman–Crippen LogP) is 4.67. The number of hydrogen-bond acceptors (Lipinski definition) is 5. The van der Waals surface area contributed by atoms with E-state index in [1.165, 1.54) is 0 Å². The lowest BCUT2D eigenvalue weighted by Gasteiger charge is -2.23. The van der Waals surface area contributed by atoms with E-state index in [1.54, 1.807) is 41.6 Å². The number of rotatable bonds is 9. The van der Waals surface area contributed by atoms with Crippen LogP contribution in [-0.4, -0.2) is 33.5 Å². The van der Waals surface area contributed by atoms with Crippen molar-refractivity contribution in [3.8, 4) is 0 Å². The molecule has 0 aliphatic rings. The van der Waals surface area contributed by atoms with Gasteiger partial charge in [0.2, 0.25) is 0 Å². The Hall–Kier alpha value is -3.74. The van der Waals surface area contributed by atoms with Gasteiger partial charge in [-0.05, 0) is 42.8 Å². The van der Waals surface area contributed by atoms with Gasteiger partial charge in [-0.2, -0.15) is 0 Å². The second-order valence-electron chi connectivity index (χ2n) is 6.96. The number of para-hydroxylation sites is 1. The highest BCUT2D eigenvalue weighted by Crippen LogP contribution is 2.18. The van der Waals surface area contributed by atoms with Crippen molar-refractivity contribution in [2.24, 2.45) is 0 Å². The molecule has 160 valence electrons. The Morgan fingerprint density at radius 3 is 2.10 bits per heavy atom. The van der Waals surface area contributed by atoms with Crippen LogP contribution in [0.3, 0.4) is 0 Å². The zero-order valence-electron chi connectivity index (χ0n) is 17.5. The lowest BCUT2D eigenvalue weighted by atomic mass is 10.2. The van der Waals surface area contributed by atoms with E-state index in [1.807, 2.05) is 43.3 Å². The zero-order valence-corrected chi connectivity index (χ0v) is 17.5. The first-order chi connectivity index (χ1) is 15.2. The van der Waals surface area contributed by atoms with E-state index in [2.05, 4.69) is 15.3 Å². The summed E-state index contributed by atoms with van der Waals surface area (Å²) < 4.78 is 5.32. The standard InChI is InChI=1S/C24H26N4O3/c1-2-3-16-31-23(29)21-12-4-5-13-22(21)27-24(30)28(17-19-10-6-8-14-25-19)18-20-11-7-9-15-26-20/h4-15H,2-3,16-18H2,1H3,(H,27,30). The zero-order chi connectivity index (χ0) is 21.9. The van der Waals surface area contributed by atoms with Crippen molar-refractivity contribution < 1.29 is 14.3 Å². The Morgan fingerprint density at radius 2 is 1.52 bits per heavy atom. The van der Waals surface area contributed by atoms with Gasteiger partial charge in [0.1, 0.15) is 0 Å². The van der Waals surface area contributed by atoms with Crippen molar-refractivity contribution in [3.63, 3.8) is 0 Å². The molecule has 1 aromatic carbocycles. The van der Waals surface area contributed by atoms with Crippen LogP contribution in [0.1, 0.15) is 41.5 Å². The fraction of sp³-hybridized carbons (Fsp3) is 0.250. The smallest absolute Gasteiger partial charge is 0.340 e. The van der Waals surface area contributed by atoms with E-state index in [4.69, 9.17) is 4.74 Å². The number of nitrogens with one attached hydrogen (secondary N) is 1. The van der Waals surface area contributed by atoms with Gasteiger partial charge in [0.05, 0.1) is 42.3 Å². The molecule has 1 N–H and O–H groups in total. The monoisotopic (exact) mass is 418 g/mol. The van der Waals surface area contributed by atoms with Gasteiger partial charge >= 0.3 is 12.0 Å². The number of unbranched alkanes of at least 4 members (excludes halogenated alkanes) is 1. The number of pyridine rings is 2. The van der Waals surface area contributed by atoms with E-state index in [9.17, 15) is 9.59 Å². The van der Waals surface area contributed by atoms with Gasteiger partial charge in [-0.1, -0.05) is 37.6 Å². The van der Waals surface area contributed by atoms with E-state index < -0.39 is 5.97 Å². The molecule has 31 heavy (non-hydrogen) atoms. The molecule has 3 aromatic rings. The van der Waals surface area contributed by atoms with Gasteiger partial charge in [-0.3, -0.25) is 9.97 Å². The largest absolute Gasteiger partial charge is 0.462 e.